The Kier molecular flexibility index (Phi) is 3.14. The van der Waals surface area contributed by atoms with Crippen molar-refractivity contribution in [3.05, 3.63) is 29.8 Å². The minimum atomic E-state index is -0.0901. The van der Waals surface area contributed by atoms with Crippen molar-refractivity contribution in [3.63, 3.8) is 0 Å². The zero-order valence-corrected chi connectivity index (χ0v) is 12.2. The van der Waals surface area contributed by atoms with Gasteiger partial charge in [-0.1, -0.05) is 18.2 Å². The molecule has 1 aliphatic carbocycles. The molecule has 3 aliphatic rings. The highest BCUT2D eigenvalue weighted by molar-refractivity contribution is 5.77. The van der Waals surface area contributed by atoms with Gasteiger partial charge in [-0.05, 0) is 31.4 Å². The molecule has 0 aromatic heterocycles. The summed E-state index contributed by atoms with van der Waals surface area (Å²) in [6.45, 7) is 3.12. The third kappa shape index (κ3) is 1.89. The molecule has 1 saturated heterocycles. The van der Waals surface area contributed by atoms with Gasteiger partial charge in [-0.15, -0.1) is 0 Å². The van der Waals surface area contributed by atoms with Crippen molar-refractivity contribution in [2.75, 3.05) is 18.5 Å². The average molecular weight is 287 g/mol. The molecule has 21 heavy (non-hydrogen) atoms. The van der Waals surface area contributed by atoms with Crippen LogP contribution in [0.25, 0.3) is 0 Å². The molecule has 2 aliphatic heterocycles. The molecule has 2 fully saturated rings. The molecule has 1 aromatic carbocycles. The van der Waals surface area contributed by atoms with Crippen molar-refractivity contribution < 1.29 is 14.3 Å². The van der Waals surface area contributed by atoms with Crippen LogP contribution in [0.5, 0.6) is 0 Å². The van der Waals surface area contributed by atoms with Crippen molar-refractivity contribution in [3.8, 4) is 0 Å². The first-order chi connectivity index (χ1) is 10.3. The van der Waals surface area contributed by atoms with Crippen LogP contribution >= 0.6 is 0 Å². The molecule has 0 amide bonds. The minimum absolute atomic E-state index is 0.0641. The lowest BCUT2D eigenvalue weighted by Gasteiger charge is -2.31. The maximum absolute atomic E-state index is 12.5. The molecule has 1 N–H and O–H groups in total. The van der Waals surface area contributed by atoms with Crippen molar-refractivity contribution in [1.82, 2.24) is 0 Å². The summed E-state index contributed by atoms with van der Waals surface area (Å²) in [6.07, 6.45) is 2.25. The van der Waals surface area contributed by atoms with Gasteiger partial charge >= 0.3 is 5.97 Å². The van der Waals surface area contributed by atoms with Gasteiger partial charge in [0, 0.05) is 30.2 Å². The van der Waals surface area contributed by atoms with Gasteiger partial charge in [-0.2, -0.15) is 0 Å². The smallest absolute Gasteiger partial charge is 0.311 e. The van der Waals surface area contributed by atoms with E-state index in [-0.39, 0.29) is 35.9 Å². The summed E-state index contributed by atoms with van der Waals surface area (Å²) < 4.78 is 11.4. The predicted octanol–water partition coefficient (Wildman–Crippen LogP) is 2.55. The van der Waals surface area contributed by atoms with Gasteiger partial charge in [-0.25, -0.2) is 0 Å². The predicted molar refractivity (Wildman–Crippen MR) is 79.2 cm³/mol. The monoisotopic (exact) mass is 287 g/mol. The lowest BCUT2D eigenvalue weighted by molar-refractivity contribution is -0.151. The fraction of sp³-hybridized carbons (Fsp3) is 0.588. The number of para-hydroxylation sites is 1. The van der Waals surface area contributed by atoms with Gasteiger partial charge in [0.2, 0.25) is 0 Å². The third-order valence-corrected chi connectivity index (χ3v) is 5.20. The van der Waals surface area contributed by atoms with Crippen LogP contribution in [0, 0.1) is 11.8 Å². The van der Waals surface area contributed by atoms with Crippen LogP contribution < -0.4 is 5.32 Å². The molecule has 4 nitrogen and oxygen atoms in total. The van der Waals surface area contributed by atoms with E-state index < -0.39 is 0 Å². The molecule has 4 rings (SSSR count). The number of fused-ring (bicyclic) bond motifs is 5. The number of nitrogens with one attached hydrogen (secondary N) is 1. The minimum Gasteiger partial charge on any atom is -0.466 e. The number of anilines is 1. The molecule has 112 valence electrons. The van der Waals surface area contributed by atoms with Gasteiger partial charge < -0.3 is 14.8 Å². The Labute approximate surface area is 124 Å². The van der Waals surface area contributed by atoms with Crippen LogP contribution in [-0.4, -0.2) is 31.3 Å². The van der Waals surface area contributed by atoms with Gasteiger partial charge in [0.1, 0.15) is 0 Å². The Morgan fingerprint density at radius 2 is 2.29 bits per heavy atom. The van der Waals surface area contributed by atoms with Gasteiger partial charge in [0.05, 0.1) is 18.6 Å². The number of carbonyl (C=O) groups excluding carboxylic acids is 1. The molecular formula is C17H21NO3. The molecule has 0 radical (unpaired) electrons. The molecule has 0 unspecified atom stereocenters. The zero-order valence-electron chi connectivity index (χ0n) is 12.2. The molecule has 1 aromatic rings. The number of hydrogen-bond donors (Lipinski definition) is 1. The molecule has 1 saturated carbocycles. The highest BCUT2D eigenvalue weighted by atomic mass is 16.5. The second kappa shape index (κ2) is 5.02. The molecule has 0 bridgehead atoms. The number of ether oxygens (including phenoxy) is 2. The standard InChI is InChI=1S/C17H21NO3/c1-2-20-17(19)14-11-7-5-9-21-16(11)13-10-6-3-4-8-12(10)18-15(13)14/h3-4,6,8,11,13-16,18H,2,5,7,9H2,1H3/t11-,13+,14-,15-,16+/m0/s1. The normalized spacial score (nSPS) is 36.3. The average Bonchev–Trinajstić information content (AvgIpc) is 3.01. The summed E-state index contributed by atoms with van der Waals surface area (Å²) in [5.74, 6) is 0.410. The Hall–Kier alpha value is -1.55. The van der Waals surface area contributed by atoms with Crippen LogP contribution in [0.1, 0.15) is 31.2 Å². The van der Waals surface area contributed by atoms with Crippen LogP contribution in [0.2, 0.25) is 0 Å². The SMILES string of the molecule is CCOC(=O)[C@H]1[C@@H]2CCCO[C@H]2[C@@H]2c3ccccc3N[C@H]12. The van der Waals surface area contributed by atoms with Crippen molar-refractivity contribution in [1.29, 1.82) is 0 Å². The fourth-order valence-corrected chi connectivity index (χ4v) is 4.48. The van der Waals surface area contributed by atoms with E-state index in [1.807, 2.05) is 13.0 Å². The molecular weight excluding hydrogens is 266 g/mol. The number of rotatable bonds is 2. The highest BCUT2D eigenvalue weighted by Crippen LogP contribution is 2.54. The first kappa shape index (κ1) is 13.1. The van der Waals surface area contributed by atoms with Crippen LogP contribution in [-0.2, 0) is 14.3 Å². The lowest BCUT2D eigenvalue weighted by Crippen LogP contribution is -2.36. The summed E-state index contributed by atoms with van der Waals surface area (Å²) in [6, 6.07) is 8.47. The number of esters is 1. The summed E-state index contributed by atoms with van der Waals surface area (Å²) >= 11 is 0. The first-order valence-electron chi connectivity index (χ1n) is 7.95. The second-order valence-corrected chi connectivity index (χ2v) is 6.20. The van der Waals surface area contributed by atoms with Gasteiger partial charge in [0.25, 0.3) is 0 Å². The third-order valence-electron chi connectivity index (χ3n) is 5.20. The van der Waals surface area contributed by atoms with E-state index in [1.165, 1.54) is 5.56 Å². The van der Waals surface area contributed by atoms with Crippen LogP contribution in [0.15, 0.2) is 24.3 Å². The topological polar surface area (TPSA) is 47.6 Å². The number of hydrogen-bond acceptors (Lipinski definition) is 4. The Balaban J connectivity index is 1.72. The summed E-state index contributed by atoms with van der Waals surface area (Å²) in [4.78, 5) is 12.5. The van der Waals surface area contributed by atoms with Crippen LogP contribution in [0.4, 0.5) is 5.69 Å². The fourth-order valence-electron chi connectivity index (χ4n) is 4.48. The number of benzene rings is 1. The quantitative estimate of drug-likeness (QED) is 0.849. The Morgan fingerprint density at radius 3 is 3.14 bits per heavy atom. The maximum atomic E-state index is 12.5. The van der Waals surface area contributed by atoms with E-state index in [9.17, 15) is 4.79 Å². The van der Waals surface area contributed by atoms with Crippen molar-refractivity contribution in [2.45, 2.75) is 37.8 Å². The second-order valence-electron chi connectivity index (χ2n) is 6.20. The van der Waals surface area contributed by atoms with E-state index in [2.05, 4.69) is 23.5 Å². The molecule has 2 heterocycles. The Morgan fingerprint density at radius 1 is 1.43 bits per heavy atom. The summed E-state index contributed by atoms with van der Waals surface area (Å²) in [5.41, 5.74) is 2.45. The van der Waals surface area contributed by atoms with Crippen LogP contribution in [0.3, 0.4) is 0 Å². The lowest BCUT2D eigenvalue weighted by atomic mass is 9.87. The Bertz CT molecular complexity index is 559. The molecule has 0 spiro atoms. The van der Waals surface area contributed by atoms with E-state index in [0.29, 0.717) is 6.61 Å². The molecule has 5 atom stereocenters. The van der Waals surface area contributed by atoms with Gasteiger partial charge in [0.15, 0.2) is 0 Å². The highest BCUT2D eigenvalue weighted by Gasteiger charge is 2.58. The summed E-state index contributed by atoms with van der Waals surface area (Å²) in [5, 5.41) is 3.56. The summed E-state index contributed by atoms with van der Waals surface area (Å²) in [7, 11) is 0. The van der Waals surface area contributed by atoms with E-state index in [0.717, 1.165) is 25.1 Å². The maximum Gasteiger partial charge on any atom is 0.311 e. The van der Waals surface area contributed by atoms with E-state index in [4.69, 9.17) is 9.47 Å². The van der Waals surface area contributed by atoms with Crippen molar-refractivity contribution in [2.24, 2.45) is 11.8 Å². The van der Waals surface area contributed by atoms with E-state index in [1.54, 1.807) is 0 Å². The van der Waals surface area contributed by atoms with Gasteiger partial charge in [-0.3, -0.25) is 4.79 Å². The largest absolute Gasteiger partial charge is 0.466 e. The molecule has 4 heteroatoms. The first-order valence-corrected chi connectivity index (χ1v) is 7.95. The van der Waals surface area contributed by atoms with E-state index >= 15 is 0 Å². The van der Waals surface area contributed by atoms with Crippen molar-refractivity contribution >= 4 is 11.7 Å². The zero-order chi connectivity index (χ0) is 14.4. The number of carbonyl (C=O) groups is 1.